The maximum absolute atomic E-state index is 13.0. The number of nitrogens with one attached hydrogen (secondary N) is 2. The lowest BCUT2D eigenvalue weighted by Gasteiger charge is -2.22. The van der Waals surface area contributed by atoms with E-state index < -0.39 is 5.92 Å². The van der Waals surface area contributed by atoms with Crippen LogP contribution in [0.4, 0.5) is 0 Å². The Morgan fingerprint density at radius 2 is 1.13 bits per heavy atom. The van der Waals surface area contributed by atoms with Crippen molar-refractivity contribution in [2.45, 2.75) is 71.4 Å². The molecule has 2 unspecified atom stereocenters. The first-order valence-electron chi connectivity index (χ1n) is 11.2. The summed E-state index contributed by atoms with van der Waals surface area (Å²) < 4.78 is 0. The van der Waals surface area contributed by atoms with Crippen molar-refractivity contribution in [2.75, 3.05) is 0 Å². The van der Waals surface area contributed by atoms with E-state index in [9.17, 15) is 9.59 Å². The van der Waals surface area contributed by atoms with Gasteiger partial charge in [-0.3, -0.25) is 9.59 Å². The number of hydrogen-bond acceptors (Lipinski definition) is 2. The molecule has 0 fully saturated rings. The van der Waals surface area contributed by atoms with E-state index in [1.807, 2.05) is 74.5 Å². The molecule has 2 aromatic carbocycles. The summed E-state index contributed by atoms with van der Waals surface area (Å²) in [5.41, 5.74) is 2.07. The minimum atomic E-state index is -0.677. The van der Waals surface area contributed by atoms with Crippen LogP contribution in [0.1, 0.15) is 82.5 Å². The Morgan fingerprint density at radius 3 is 1.57 bits per heavy atom. The van der Waals surface area contributed by atoms with Crippen LogP contribution in [0.25, 0.3) is 0 Å². The molecule has 0 radical (unpaired) electrons. The highest BCUT2D eigenvalue weighted by Crippen LogP contribution is 2.18. The molecular formula is C26H36N2O2. The molecule has 0 aliphatic carbocycles. The van der Waals surface area contributed by atoms with Crippen molar-refractivity contribution >= 4 is 11.8 Å². The summed E-state index contributed by atoms with van der Waals surface area (Å²) in [6.07, 6.45) is 6.02. The van der Waals surface area contributed by atoms with Gasteiger partial charge in [-0.1, -0.05) is 99.7 Å². The van der Waals surface area contributed by atoms with Crippen LogP contribution < -0.4 is 10.6 Å². The normalized spacial score (nSPS) is 13.8. The minimum Gasteiger partial charge on any atom is -0.349 e. The lowest BCUT2D eigenvalue weighted by atomic mass is 9.96. The van der Waals surface area contributed by atoms with Crippen LogP contribution in [0.3, 0.4) is 0 Å². The van der Waals surface area contributed by atoms with Gasteiger partial charge < -0.3 is 10.6 Å². The predicted molar refractivity (Wildman–Crippen MR) is 123 cm³/mol. The van der Waals surface area contributed by atoms with Gasteiger partial charge in [0, 0.05) is 0 Å². The van der Waals surface area contributed by atoms with Crippen molar-refractivity contribution in [1.82, 2.24) is 10.6 Å². The molecule has 0 aromatic heterocycles. The van der Waals surface area contributed by atoms with E-state index in [2.05, 4.69) is 17.6 Å². The quantitative estimate of drug-likeness (QED) is 0.349. The van der Waals surface area contributed by atoms with Crippen molar-refractivity contribution in [3.8, 4) is 0 Å². The number of benzene rings is 2. The first-order chi connectivity index (χ1) is 14.5. The Labute approximate surface area is 181 Å². The monoisotopic (exact) mass is 408 g/mol. The molecule has 4 heteroatoms. The van der Waals surface area contributed by atoms with Gasteiger partial charge in [-0.05, 0) is 31.4 Å². The molecule has 0 aliphatic rings. The fraction of sp³-hybridized carbons (Fsp3) is 0.462. The molecule has 2 amide bonds. The van der Waals surface area contributed by atoms with Gasteiger partial charge in [-0.25, -0.2) is 0 Å². The smallest absolute Gasteiger partial charge is 0.233 e. The van der Waals surface area contributed by atoms with Crippen LogP contribution in [-0.4, -0.2) is 11.8 Å². The minimum absolute atomic E-state index is 0.138. The Balaban J connectivity index is 2.02. The molecule has 2 aromatic rings. The van der Waals surface area contributed by atoms with E-state index in [-0.39, 0.29) is 23.9 Å². The molecular weight excluding hydrogens is 372 g/mol. The van der Waals surface area contributed by atoms with E-state index in [0.29, 0.717) is 6.42 Å². The van der Waals surface area contributed by atoms with E-state index in [4.69, 9.17) is 0 Å². The number of unbranched alkanes of at least 4 members (excludes halogenated alkanes) is 4. The van der Waals surface area contributed by atoms with Gasteiger partial charge in [-0.2, -0.15) is 0 Å². The Kier molecular flexibility index (Phi) is 10.1. The molecule has 4 nitrogen and oxygen atoms in total. The highest BCUT2D eigenvalue weighted by atomic mass is 16.2. The van der Waals surface area contributed by atoms with Crippen LogP contribution >= 0.6 is 0 Å². The third-order valence-corrected chi connectivity index (χ3v) is 5.55. The van der Waals surface area contributed by atoms with Crippen LogP contribution in [0, 0.1) is 5.92 Å². The summed E-state index contributed by atoms with van der Waals surface area (Å²) in [4.78, 5) is 26.1. The third kappa shape index (κ3) is 7.66. The summed E-state index contributed by atoms with van der Waals surface area (Å²) in [7, 11) is 0. The van der Waals surface area contributed by atoms with Crippen LogP contribution in [0.2, 0.25) is 0 Å². The van der Waals surface area contributed by atoms with E-state index in [1.54, 1.807) is 0 Å². The highest BCUT2D eigenvalue weighted by Gasteiger charge is 2.28. The van der Waals surface area contributed by atoms with E-state index >= 15 is 0 Å². The van der Waals surface area contributed by atoms with Gasteiger partial charge >= 0.3 is 0 Å². The van der Waals surface area contributed by atoms with Gasteiger partial charge in [0.1, 0.15) is 5.92 Å². The van der Waals surface area contributed by atoms with Crippen molar-refractivity contribution < 1.29 is 9.59 Å². The summed E-state index contributed by atoms with van der Waals surface area (Å²) in [5.74, 6) is -1.07. The van der Waals surface area contributed by atoms with Crippen molar-refractivity contribution in [3.63, 3.8) is 0 Å². The van der Waals surface area contributed by atoms with Gasteiger partial charge in [0.25, 0.3) is 0 Å². The largest absolute Gasteiger partial charge is 0.349 e. The maximum Gasteiger partial charge on any atom is 0.233 e. The maximum atomic E-state index is 13.0. The lowest BCUT2D eigenvalue weighted by Crippen LogP contribution is -2.42. The molecule has 0 saturated heterocycles. The number of amides is 2. The van der Waals surface area contributed by atoms with Crippen LogP contribution in [0.5, 0.6) is 0 Å². The zero-order valence-electron chi connectivity index (χ0n) is 18.6. The summed E-state index contributed by atoms with van der Waals surface area (Å²) in [6, 6.07) is 19.4. The number of carbonyl (C=O) groups is 2. The first-order valence-corrected chi connectivity index (χ1v) is 11.2. The Hall–Kier alpha value is -2.62. The standard InChI is InChI=1S/C26H36N2O2/c1-4-5-6-7-14-19-24(25(29)27-20(2)22-15-10-8-11-16-22)26(30)28-21(3)23-17-12-9-13-18-23/h8-13,15-18,20-21,24H,4-7,14,19H2,1-3H3,(H,27,29)(H,28,30). The number of rotatable bonds is 12. The summed E-state index contributed by atoms with van der Waals surface area (Å²) in [5, 5.41) is 6.08. The predicted octanol–water partition coefficient (Wildman–Crippen LogP) is 5.72. The second kappa shape index (κ2) is 12.8. The zero-order chi connectivity index (χ0) is 21.8. The Bertz CT molecular complexity index is 702. The molecule has 2 atom stereocenters. The first kappa shape index (κ1) is 23.7. The van der Waals surface area contributed by atoms with Crippen molar-refractivity contribution in [1.29, 1.82) is 0 Å². The molecule has 0 saturated carbocycles. The Morgan fingerprint density at radius 1 is 0.700 bits per heavy atom. The third-order valence-electron chi connectivity index (χ3n) is 5.55. The average Bonchev–Trinajstić information content (AvgIpc) is 2.77. The average molecular weight is 409 g/mol. The summed E-state index contributed by atoms with van der Waals surface area (Å²) >= 11 is 0. The second-order valence-electron chi connectivity index (χ2n) is 8.04. The van der Waals surface area contributed by atoms with Crippen LogP contribution in [0.15, 0.2) is 60.7 Å². The van der Waals surface area contributed by atoms with Gasteiger partial charge in [-0.15, -0.1) is 0 Å². The van der Waals surface area contributed by atoms with Gasteiger partial charge in [0.05, 0.1) is 12.1 Å². The molecule has 0 spiro atoms. The SMILES string of the molecule is CCCCCCCC(C(=O)NC(C)c1ccccc1)C(=O)NC(C)c1ccccc1. The molecule has 0 heterocycles. The molecule has 162 valence electrons. The van der Waals surface area contributed by atoms with E-state index in [1.165, 1.54) is 12.8 Å². The molecule has 2 N–H and O–H groups in total. The molecule has 2 rings (SSSR count). The number of carbonyl (C=O) groups excluding carboxylic acids is 2. The summed E-state index contributed by atoms with van der Waals surface area (Å²) in [6.45, 7) is 6.09. The molecule has 0 aliphatic heterocycles. The fourth-order valence-corrected chi connectivity index (χ4v) is 3.61. The number of hydrogen-bond donors (Lipinski definition) is 2. The van der Waals surface area contributed by atoms with Crippen LogP contribution in [-0.2, 0) is 9.59 Å². The fourth-order valence-electron chi connectivity index (χ4n) is 3.61. The lowest BCUT2D eigenvalue weighted by molar-refractivity contribution is -0.136. The molecule has 0 bridgehead atoms. The van der Waals surface area contributed by atoms with Gasteiger partial charge in [0.15, 0.2) is 0 Å². The highest BCUT2D eigenvalue weighted by molar-refractivity contribution is 6.00. The zero-order valence-corrected chi connectivity index (χ0v) is 18.6. The van der Waals surface area contributed by atoms with Gasteiger partial charge in [0.2, 0.25) is 11.8 Å². The van der Waals surface area contributed by atoms with Crippen molar-refractivity contribution in [2.24, 2.45) is 5.92 Å². The van der Waals surface area contributed by atoms with E-state index in [0.717, 1.165) is 30.4 Å². The molecule has 30 heavy (non-hydrogen) atoms. The van der Waals surface area contributed by atoms with Crippen molar-refractivity contribution in [3.05, 3.63) is 71.8 Å². The topological polar surface area (TPSA) is 58.2 Å². The second-order valence-corrected chi connectivity index (χ2v) is 8.04.